The molecule has 0 saturated carbocycles. The van der Waals surface area contributed by atoms with Crippen LogP contribution in [-0.2, 0) is 24.4 Å². The number of alkyl halides is 4. The average Bonchev–Trinajstić information content (AvgIpc) is 2.38. The summed E-state index contributed by atoms with van der Waals surface area (Å²) in [4.78, 5) is 11.5. The minimum atomic E-state index is -6.47. The van der Waals surface area contributed by atoms with Gasteiger partial charge in [-0.1, -0.05) is 6.58 Å². The van der Waals surface area contributed by atoms with Crippen molar-refractivity contribution in [2.24, 2.45) is 0 Å². The summed E-state index contributed by atoms with van der Waals surface area (Å²) in [6.07, 6.45) is -2.14. The Morgan fingerprint density at radius 3 is 2.08 bits per heavy atom. The second-order valence-corrected chi connectivity index (χ2v) is 7.71. The molecule has 0 aromatic rings. The molecular formula is C14H21F4O6S-. The molecule has 148 valence electrons. The van der Waals surface area contributed by atoms with E-state index in [1.165, 1.54) is 0 Å². The number of esters is 1. The molecule has 25 heavy (non-hydrogen) atoms. The van der Waals surface area contributed by atoms with Gasteiger partial charge in [0.15, 0.2) is 10.1 Å². The van der Waals surface area contributed by atoms with Gasteiger partial charge >= 0.3 is 17.1 Å². The molecule has 0 aliphatic heterocycles. The van der Waals surface area contributed by atoms with Gasteiger partial charge in [-0.2, -0.15) is 17.6 Å². The molecule has 0 spiro atoms. The fourth-order valence-corrected chi connectivity index (χ4v) is 1.95. The van der Waals surface area contributed by atoms with Crippen molar-refractivity contribution in [1.29, 1.82) is 0 Å². The van der Waals surface area contributed by atoms with Crippen molar-refractivity contribution in [3.8, 4) is 0 Å². The van der Waals surface area contributed by atoms with Gasteiger partial charge in [0.2, 0.25) is 0 Å². The van der Waals surface area contributed by atoms with Gasteiger partial charge in [-0.3, -0.25) is 0 Å². The number of rotatable bonds is 10. The molecule has 0 aromatic heterocycles. The number of hydrogen-bond acceptors (Lipinski definition) is 6. The molecule has 0 N–H and O–H groups in total. The molecule has 0 atom stereocenters. The number of carbonyl (C=O) groups is 1. The number of halogens is 4. The quantitative estimate of drug-likeness (QED) is 0.186. The van der Waals surface area contributed by atoms with Crippen LogP contribution in [0.4, 0.5) is 17.6 Å². The summed E-state index contributed by atoms with van der Waals surface area (Å²) in [5.74, 6) is -5.67. The Morgan fingerprint density at radius 1 is 1.12 bits per heavy atom. The third-order valence-corrected chi connectivity index (χ3v) is 3.66. The van der Waals surface area contributed by atoms with Crippen LogP contribution in [0.25, 0.3) is 0 Å². The average molecular weight is 393 g/mol. The summed E-state index contributed by atoms with van der Waals surface area (Å²) in [5.41, 5.74) is -0.733. The molecule has 0 rings (SSSR count). The number of unbranched alkanes of at least 4 members (excludes halogenated alkanes) is 1. The second kappa shape index (κ2) is 8.45. The summed E-state index contributed by atoms with van der Waals surface area (Å²) in [6, 6.07) is 0. The van der Waals surface area contributed by atoms with Gasteiger partial charge < -0.3 is 14.0 Å². The Hall–Kier alpha value is -1.20. The lowest BCUT2D eigenvalue weighted by Crippen LogP contribution is -2.46. The highest BCUT2D eigenvalue weighted by Crippen LogP contribution is 2.41. The first-order chi connectivity index (χ1) is 11.0. The van der Waals surface area contributed by atoms with Crippen LogP contribution in [0.15, 0.2) is 12.2 Å². The summed E-state index contributed by atoms with van der Waals surface area (Å²) >= 11 is 0. The Morgan fingerprint density at radius 2 is 1.64 bits per heavy atom. The van der Waals surface area contributed by atoms with E-state index in [1.807, 2.05) is 0 Å². The maximum absolute atomic E-state index is 13.2. The maximum Gasteiger partial charge on any atom is 0.396 e. The molecule has 0 saturated heterocycles. The lowest BCUT2D eigenvalue weighted by Gasteiger charge is -2.28. The van der Waals surface area contributed by atoms with Crippen molar-refractivity contribution in [3.05, 3.63) is 12.2 Å². The molecule has 0 unspecified atom stereocenters. The van der Waals surface area contributed by atoms with Gasteiger partial charge in [-0.25, -0.2) is 13.2 Å². The number of carbonyl (C=O) groups excluding carboxylic acids is 1. The zero-order valence-electron chi connectivity index (χ0n) is 14.1. The minimum Gasteiger partial charge on any atom is -0.743 e. The van der Waals surface area contributed by atoms with Crippen molar-refractivity contribution >= 4 is 16.1 Å². The van der Waals surface area contributed by atoms with E-state index < -0.39 is 45.7 Å². The zero-order chi connectivity index (χ0) is 20.1. The Bertz CT molecular complexity index is 581. The van der Waals surface area contributed by atoms with Gasteiger partial charge in [-0.05, 0) is 33.6 Å². The van der Waals surface area contributed by atoms with Crippen molar-refractivity contribution in [1.82, 2.24) is 0 Å². The minimum absolute atomic E-state index is 0.00997. The van der Waals surface area contributed by atoms with Gasteiger partial charge in [0.05, 0.1) is 12.2 Å². The van der Waals surface area contributed by atoms with Crippen molar-refractivity contribution in [2.45, 2.75) is 56.8 Å². The van der Waals surface area contributed by atoms with E-state index in [0.717, 1.165) is 0 Å². The van der Waals surface area contributed by atoms with E-state index in [4.69, 9.17) is 9.47 Å². The Balaban J connectivity index is 4.20. The fourth-order valence-electron chi connectivity index (χ4n) is 1.48. The Kier molecular flexibility index (Phi) is 8.05. The predicted octanol–water partition coefficient (Wildman–Crippen LogP) is 2.84. The summed E-state index contributed by atoms with van der Waals surface area (Å²) in [6.45, 7) is 7.99. The van der Waals surface area contributed by atoms with E-state index in [1.54, 1.807) is 20.8 Å². The molecule has 11 heteroatoms. The Labute approximate surface area is 143 Å². The van der Waals surface area contributed by atoms with Gasteiger partial charge in [0, 0.05) is 13.0 Å². The molecule has 6 nitrogen and oxygen atoms in total. The first kappa shape index (κ1) is 23.8. The van der Waals surface area contributed by atoms with E-state index in [9.17, 15) is 35.3 Å². The van der Waals surface area contributed by atoms with Crippen LogP contribution in [-0.4, -0.2) is 48.9 Å². The molecule has 0 aliphatic rings. The van der Waals surface area contributed by atoms with Crippen LogP contribution in [0.3, 0.4) is 0 Å². The largest absolute Gasteiger partial charge is 0.743 e. The van der Waals surface area contributed by atoms with E-state index >= 15 is 0 Å². The SMILES string of the molecule is C=C(COCCCCC(F)(F)C(F)(F)S(=O)(=O)[O-])C(=O)OC(C)(C)C. The van der Waals surface area contributed by atoms with E-state index in [0.29, 0.717) is 0 Å². The topological polar surface area (TPSA) is 92.7 Å². The standard InChI is InChI=1S/C14H22F4O6S/c1-10(11(19)24-12(2,3)4)9-23-8-6-5-7-13(15,16)14(17,18)25(20,21)22/h1,5-9H2,2-4H3,(H,20,21,22)/p-1. The molecule has 0 aliphatic carbocycles. The molecule has 0 bridgehead atoms. The highest BCUT2D eigenvalue weighted by molar-refractivity contribution is 7.86. The summed E-state index contributed by atoms with van der Waals surface area (Å²) in [5, 5.41) is -5.67. The fraction of sp³-hybridized carbons (Fsp3) is 0.786. The van der Waals surface area contributed by atoms with Crippen LogP contribution in [0, 0.1) is 0 Å². The van der Waals surface area contributed by atoms with Crippen LogP contribution >= 0.6 is 0 Å². The molecule has 0 aromatic carbocycles. The van der Waals surface area contributed by atoms with Crippen LogP contribution < -0.4 is 0 Å². The van der Waals surface area contributed by atoms with Gasteiger partial charge in [-0.15, -0.1) is 0 Å². The van der Waals surface area contributed by atoms with Crippen molar-refractivity contribution < 1.29 is 44.8 Å². The highest BCUT2D eigenvalue weighted by atomic mass is 32.2. The third-order valence-electron chi connectivity index (χ3n) is 2.73. The first-order valence-electron chi connectivity index (χ1n) is 7.21. The second-order valence-electron chi connectivity index (χ2n) is 6.29. The predicted molar refractivity (Wildman–Crippen MR) is 79.2 cm³/mol. The molecule has 0 amide bonds. The van der Waals surface area contributed by atoms with Crippen LogP contribution in [0.1, 0.15) is 40.0 Å². The van der Waals surface area contributed by atoms with Crippen LogP contribution in [0.5, 0.6) is 0 Å². The number of ether oxygens (including phenoxy) is 2. The summed E-state index contributed by atoms with van der Waals surface area (Å²) in [7, 11) is -6.47. The summed E-state index contributed by atoms with van der Waals surface area (Å²) < 4.78 is 92.7. The first-order valence-corrected chi connectivity index (χ1v) is 8.62. The smallest absolute Gasteiger partial charge is 0.396 e. The maximum atomic E-state index is 13.2. The van der Waals surface area contributed by atoms with E-state index in [2.05, 4.69) is 6.58 Å². The van der Waals surface area contributed by atoms with Gasteiger partial charge in [0.1, 0.15) is 5.60 Å². The monoisotopic (exact) mass is 393 g/mol. The molecule has 0 fully saturated rings. The lowest BCUT2D eigenvalue weighted by atomic mass is 10.1. The molecular weight excluding hydrogens is 372 g/mol. The zero-order valence-corrected chi connectivity index (χ0v) is 14.9. The molecule has 0 heterocycles. The molecule has 0 radical (unpaired) electrons. The lowest BCUT2D eigenvalue weighted by molar-refractivity contribution is -0.165. The van der Waals surface area contributed by atoms with Crippen molar-refractivity contribution in [2.75, 3.05) is 13.2 Å². The van der Waals surface area contributed by atoms with Crippen molar-refractivity contribution in [3.63, 3.8) is 0 Å². The van der Waals surface area contributed by atoms with E-state index in [-0.39, 0.29) is 25.2 Å². The van der Waals surface area contributed by atoms with Gasteiger partial charge in [0.25, 0.3) is 0 Å². The number of hydrogen-bond donors (Lipinski definition) is 0. The normalized spacial score (nSPS) is 13.6. The van der Waals surface area contributed by atoms with Crippen LogP contribution in [0.2, 0.25) is 0 Å². The highest BCUT2D eigenvalue weighted by Gasteiger charge is 2.60. The third kappa shape index (κ3) is 7.70.